The van der Waals surface area contributed by atoms with E-state index in [1.807, 2.05) is 37.3 Å². The lowest BCUT2D eigenvalue weighted by molar-refractivity contribution is 0.153. The van der Waals surface area contributed by atoms with Gasteiger partial charge in [-0.3, -0.25) is 4.68 Å². The van der Waals surface area contributed by atoms with Crippen LogP contribution in [0, 0.1) is 13.8 Å². The van der Waals surface area contributed by atoms with Crippen molar-refractivity contribution in [1.82, 2.24) is 24.5 Å². The third kappa shape index (κ3) is 2.56. The number of rotatable bonds is 3. The number of hydrogen-bond acceptors (Lipinski definition) is 3. The van der Waals surface area contributed by atoms with Crippen LogP contribution >= 0.6 is 0 Å². The van der Waals surface area contributed by atoms with Crippen LogP contribution in [0.5, 0.6) is 0 Å². The molecule has 0 saturated heterocycles. The maximum Gasteiger partial charge on any atom is 0.264 e. The third-order valence-electron chi connectivity index (χ3n) is 4.37. The minimum atomic E-state index is -2.62. The highest BCUT2D eigenvalue weighted by atomic mass is 19.3. The Kier molecular flexibility index (Phi) is 3.79. The molecule has 132 valence electrons. The monoisotopic (exact) mass is 353 g/mol. The fraction of sp³-hybridized carbons (Fsp3) is 0.211. The summed E-state index contributed by atoms with van der Waals surface area (Å²) in [5.41, 5.74) is 3.60. The van der Waals surface area contributed by atoms with Gasteiger partial charge in [0.15, 0.2) is 5.65 Å². The molecule has 0 aliphatic rings. The Morgan fingerprint density at radius 2 is 1.73 bits per heavy atom. The van der Waals surface area contributed by atoms with Crippen molar-refractivity contribution in [3.63, 3.8) is 0 Å². The molecule has 0 amide bonds. The van der Waals surface area contributed by atoms with Gasteiger partial charge in [0.1, 0.15) is 0 Å². The molecule has 0 spiro atoms. The minimum absolute atomic E-state index is 0.0621. The Balaban J connectivity index is 2.06. The first kappa shape index (κ1) is 16.4. The van der Waals surface area contributed by atoms with E-state index in [0.717, 1.165) is 16.9 Å². The molecule has 0 fully saturated rings. The molecule has 0 atom stereocenters. The molecule has 7 heteroatoms. The Morgan fingerprint density at radius 1 is 1.00 bits per heavy atom. The highest BCUT2D eigenvalue weighted by Gasteiger charge is 2.22. The number of halogens is 2. The number of fused-ring (bicyclic) bond motifs is 1. The predicted molar refractivity (Wildman–Crippen MR) is 95.5 cm³/mol. The van der Waals surface area contributed by atoms with Crippen molar-refractivity contribution < 1.29 is 8.78 Å². The molecule has 0 saturated carbocycles. The molecule has 3 aromatic heterocycles. The Hall–Kier alpha value is -3.09. The van der Waals surface area contributed by atoms with E-state index in [9.17, 15) is 8.78 Å². The molecule has 4 rings (SSSR count). The molecule has 1 aromatic carbocycles. The normalized spacial score (nSPS) is 11.6. The summed E-state index contributed by atoms with van der Waals surface area (Å²) in [6, 6.07) is 10.8. The van der Waals surface area contributed by atoms with Crippen molar-refractivity contribution in [2.45, 2.75) is 20.3 Å². The van der Waals surface area contributed by atoms with Crippen molar-refractivity contribution in [3.05, 3.63) is 59.5 Å². The van der Waals surface area contributed by atoms with Gasteiger partial charge in [-0.25, -0.2) is 18.4 Å². The zero-order valence-electron chi connectivity index (χ0n) is 14.6. The van der Waals surface area contributed by atoms with E-state index in [1.54, 1.807) is 29.5 Å². The molecule has 5 nitrogen and oxygen atoms in total. The smallest absolute Gasteiger partial charge is 0.264 e. The fourth-order valence-electron chi connectivity index (χ4n) is 3.23. The number of nitrogens with zero attached hydrogens (tertiary/aromatic N) is 5. The first-order chi connectivity index (χ1) is 12.5. The van der Waals surface area contributed by atoms with Gasteiger partial charge in [0.25, 0.3) is 6.43 Å². The Morgan fingerprint density at radius 3 is 2.35 bits per heavy atom. The van der Waals surface area contributed by atoms with Crippen LogP contribution in [-0.2, 0) is 7.05 Å². The van der Waals surface area contributed by atoms with E-state index in [0.29, 0.717) is 22.4 Å². The molecule has 3 heterocycles. The number of benzene rings is 1. The second kappa shape index (κ2) is 6.01. The lowest BCUT2D eigenvalue weighted by Crippen LogP contribution is -1.99. The number of hydrogen-bond donors (Lipinski definition) is 0. The zero-order chi connectivity index (χ0) is 18.4. The summed E-state index contributed by atoms with van der Waals surface area (Å²) in [5.74, 6) is 0. The van der Waals surface area contributed by atoms with Gasteiger partial charge in [-0.15, -0.1) is 0 Å². The van der Waals surface area contributed by atoms with Gasteiger partial charge in [-0.05, 0) is 32.0 Å². The predicted octanol–water partition coefficient (Wildman–Crippen LogP) is 4.38. The maximum atomic E-state index is 13.8. The number of aryl methyl sites for hydroxylation is 3. The van der Waals surface area contributed by atoms with Crippen molar-refractivity contribution in [2.75, 3.05) is 0 Å². The van der Waals surface area contributed by atoms with Gasteiger partial charge in [0.2, 0.25) is 0 Å². The second-order valence-electron chi connectivity index (χ2n) is 6.23. The summed E-state index contributed by atoms with van der Waals surface area (Å²) in [4.78, 5) is 4.67. The van der Waals surface area contributed by atoms with Crippen molar-refractivity contribution in [2.24, 2.45) is 7.05 Å². The average molecular weight is 353 g/mol. The van der Waals surface area contributed by atoms with Crippen LogP contribution in [0.25, 0.3) is 28.0 Å². The van der Waals surface area contributed by atoms with Crippen LogP contribution in [0.2, 0.25) is 0 Å². The van der Waals surface area contributed by atoms with Crippen LogP contribution in [0.1, 0.15) is 23.4 Å². The molecule has 26 heavy (non-hydrogen) atoms. The van der Waals surface area contributed by atoms with E-state index < -0.39 is 6.43 Å². The van der Waals surface area contributed by atoms with Crippen LogP contribution in [0.15, 0.2) is 42.6 Å². The molecule has 0 unspecified atom stereocenters. The third-order valence-corrected chi connectivity index (χ3v) is 4.37. The quantitative estimate of drug-likeness (QED) is 0.549. The molecule has 0 bridgehead atoms. The molecule has 0 N–H and O–H groups in total. The van der Waals surface area contributed by atoms with Gasteiger partial charge in [0.05, 0.1) is 28.2 Å². The van der Waals surface area contributed by atoms with Crippen LogP contribution in [-0.4, -0.2) is 24.5 Å². The Labute approximate surface area is 148 Å². The molecule has 0 aliphatic carbocycles. The van der Waals surface area contributed by atoms with Gasteiger partial charge >= 0.3 is 0 Å². The van der Waals surface area contributed by atoms with Crippen LogP contribution < -0.4 is 0 Å². The Bertz CT molecular complexity index is 1100. The van der Waals surface area contributed by atoms with Crippen molar-refractivity contribution >= 4 is 11.0 Å². The highest BCUT2D eigenvalue weighted by molar-refractivity contribution is 5.86. The fourth-order valence-corrected chi connectivity index (χ4v) is 3.23. The summed E-state index contributed by atoms with van der Waals surface area (Å²) >= 11 is 0. The summed E-state index contributed by atoms with van der Waals surface area (Å²) in [6.45, 7) is 3.56. The van der Waals surface area contributed by atoms with Crippen LogP contribution in [0.4, 0.5) is 8.78 Å². The van der Waals surface area contributed by atoms with Gasteiger partial charge in [-0.2, -0.15) is 10.2 Å². The number of pyridine rings is 1. The van der Waals surface area contributed by atoms with E-state index in [4.69, 9.17) is 0 Å². The topological polar surface area (TPSA) is 48.5 Å². The molecular weight excluding hydrogens is 336 g/mol. The van der Waals surface area contributed by atoms with Crippen molar-refractivity contribution in [1.29, 1.82) is 0 Å². The van der Waals surface area contributed by atoms with E-state index >= 15 is 0 Å². The van der Waals surface area contributed by atoms with E-state index in [1.165, 1.54) is 6.07 Å². The standard InChI is InChI=1S/C19H17F2N5/c1-11-15(10-25(3)23-11)16-9-14(18(20)21)17-12(2)24-26(19(17)22-16)13-7-5-4-6-8-13/h4-10,18H,1-3H3. The summed E-state index contributed by atoms with van der Waals surface area (Å²) in [5, 5.41) is 9.16. The van der Waals surface area contributed by atoms with Crippen molar-refractivity contribution in [3.8, 4) is 16.9 Å². The average Bonchev–Trinajstić information content (AvgIpc) is 3.14. The molecule has 0 aliphatic heterocycles. The van der Waals surface area contributed by atoms with E-state index in [2.05, 4.69) is 15.2 Å². The van der Waals surface area contributed by atoms with Gasteiger partial charge in [-0.1, -0.05) is 18.2 Å². The highest BCUT2D eigenvalue weighted by Crippen LogP contribution is 2.34. The SMILES string of the molecule is Cc1nn(C)cc1-c1cc(C(F)F)c2c(C)nn(-c3ccccc3)c2n1. The minimum Gasteiger partial charge on any atom is -0.275 e. The summed E-state index contributed by atoms with van der Waals surface area (Å²) < 4.78 is 30.9. The number of alkyl halides is 2. The lowest BCUT2D eigenvalue weighted by Gasteiger charge is -2.08. The van der Waals surface area contributed by atoms with E-state index in [-0.39, 0.29) is 5.56 Å². The molecule has 4 aromatic rings. The van der Waals surface area contributed by atoms with Gasteiger partial charge < -0.3 is 0 Å². The molecular formula is C19H17F2N5. The summed E-state index contributed by atoms with van der Waals surface area (Å²) in [6.07, 6.45) is -0.835. The number of para-hydroxylation sites is 1. The second-order valence-corrected chi connectivity index (χ2v) is 6.23. The number of aromatic nitrogens is 5. The molecule has 0 radical (unpaired) electrons. The lowest BCUT2D eigenvalue weighted by atomic mass is 10.1. The van der Waals surface area contributed by atoms with Crippen LogP contribution in [0.3, 0.4) is 0 Å². The maximum absolute atomic E-state index is 13.8. The largest absolute Gasteiger partial charge is 0.275 e. The first-order valence-electron chi connectivity index (χ1n) is 8.20. The zero-order valence-corrected chi connectivity index (χ0v) is 14.6. The van der Waals surface area contributed by atoms with Gasteiger partial charge in [0, 0.05) is 24.4 Å². The summed E-state index contributed by atoms with van der Waals surface area (Å²) in [7, 11) is 1.79. The first-order valence-corrected chi connectivity index (χ1v) is 8.20.